The molecule has 13 heteroatoms. The molecule has 1 aliphatic rings. The predicted octanol–water partition coefficient (Wildman–Crippen LogP) is 6.36. The van der Waals surface area contributed by atoms with Crippen LogP contribution >= 0.6 is 0 Å². The van der Waals surface area contributed by atoms with Crippen LogP contribution in [0.4, 0.5) is 19.3 Å². The van der Waals surface area contributed by atoms with Crippen molar-refractivity contribution >= 4 is 22.7 Å². The number of halogens is 2. The summed E-state index contributed by atoms with van der Waals surface area (Å²) in [6.45, 7) is 0. The topological polar surface area (TPSA) is 123 Å². The van der Waals surface area contributed by atoms with Gasteiger partial charge in [0.2, 0.25) is 5.75 Å². The monoisotopic (exact) mass is 630 g/mol. The predicted molar refractivity (Wildman–Crippen MR) is 165 cm³/mol. The lowest BCUT2D eigenvalue weighted by Gasteiger charge is -2.17. The van der Waals surface area contributed by atoms with E-state index in [9.17, 15) is 18.8 Å². The molecule has 2 aromatic heterocycles. The smallest absolute Gasteiger partial charge is 0.417 e. The Kier molecular flexibility index (Phi) is 8.38. The maximum absolute atomic E-state index is 15.2. The van der Waals surface area contributed by atoms with E-state index in [4.69, 9.17) is 18.9 Å². The Morgan fingerprint density at radius 1 is 0.870 bits per heavy atom. The van der Waals surface area contributed by atoms with Gasteiger partial charge in [-0.3, -0.25) is 19.7 Å². The number of carbonyl (C=O) groups excluding carboxylic acids is 1. The summed E-state index contributed by atoms with van der Waals surface area (Å²) in [6.07, 6.45) is 4.84. The Morgan fingerprint density at radius 2 is 1.59 bits per heavy atom. The largest absolute Gasteiger partial charge is 0.493 e. The molecule has 0 bridgehead atoms. The lowest BCUT2D eigenvalue weighted by Crippen LogP contribution is -2.40. The van der Waals surface area contributed by atoms with Crippen molar-refractivity contribution in [2.45, 2.75) is 31.7 Å². The van der Waals surface area contributed by atoms with Gasteiger partial charge in [-0.2, -0.15) is 0 Å². The lowest BCUT2D eigenvalue weighted by molar-refractivity contribution is 0.213. The van der Waals surface area contributed by atoms with E-state index < -0.39 is 34.7 Å². The minimum Gasteiger partial charge on any atom is -0.493 e. The van der Waals surface area contributed by atoms with Gasteiger partial charge >= 0.3 is 17.3 Å². The standard InChI is InChI=1S/C33H28F2N4O7/c1-43-28-16-23-25(17-29(28)44-2)36-14-13-26(23)45-27-12-9-20(15-24(27)35)37-32(41)46-30-18-38(21-5-3-4-6-21)33(42)39(31(30)40)22-10-7-19(34)8-11-22/h7-18,21H,3-6H2,1-2H3,(H,37,41). The quantitative estimate of drug-likeness (QED) is 0.210. The van der Waals surface area contributed by atoms with Crippen LogP contribution in [-0.2, 0) is 0 Å². The van der Waals surface area contributed by atoms with Crippen molar-refractivity contribution in [2.75, 3.05) is 19.5 Å². The Bertz CT molecular complexity index is 2060. The fourth-order valence-corrected chi connectivity index (χ4v) is 5.44. The second-order valence-corrected chi connectivity index (χ2v) is 10.5. The van der Waals surface area contributed by atoms with Crippen LogP contribution in [0.2, 0.25) is 0 Å². The average Bonchev–Trinajstić information content (AvgIpc) is 3.59. The third-order valence-corrected chi connectivity index (χ3v) is 7.69. The van der Waals surface area contributed by atoms with E-state index in [0.717, 1.165) is 35.6 Å². The average molecular weight is 631 g/mol. The number of pyridine rings is 1. The number of benzene rings is 3. The Balaban J connectivity index is 1.24. The van der Waals surface area contributed by atoms with Gasteiger partial charge in [0, 0.05) is 35.4 Å². The number of methoxy groups -OCH3 is 2. The zero-order valence-corrected chi connectivity index (χ0v) is 24.8. The van der Waals surface area contributed by atoms with Gasteiger partial charge in [-0.05, 0) is 61.4 Å². The molecule has 0 radical (unpaired) electrons. The van der Waals surface area contributed by atoms with Gasteiger partial charge in [-0.25, -0.2) is 22.9 Å². The first-order valence-corrected chi connectivity index (χ1v) is 14.4. The number of fused-ring (bicyclic) bond motifs is 1. The van der Waals surface area contributed by atoms with E-state index in [1.165, 1.54) is 55.4 Å². The molecule has 1 amide bonds. The first kappa shape index (κ1) is 30.3. The number of hydrogen-bond donors (Lipinski definition) is 1. The van der Waals surface area contributed by atoms with Crippen molar-refractivity contribution < 1.29 is 32.5 Å². The van der Waals surface area contributed by atoms with E-state index in [0.29, 0.717) is 41.0 Å². The molecule has 6 rings (SSSR count). The first-order valence-electron chi connectivity index (χ1n) is 14.4. The molecule has 0 spiro atoms. The number of aromatic nitrogens is 3. The zero-order valence-electron chi connectivity index (χ0n) is 24.8. The highest BCUT2D eigenvalue weighted by Gasteiger charge is 2.24. The van der Waals surface area contributed by atoms with Gasteiger partial charge in [0.1, 0.15) is 11.6 Å². The number of amides is 1. The lowest BCUT2D eigenvalue weighted by atomic mass is 10.2. The highest BCUT2D eigenvalue weighted by Crippen LogP contribution is 2.37. The minimum atomic E-state index is -1.09. The van der Waals surface area contributed by atoms with E-state index in [2.05, 4.69) is 10.3 Å². The molecule has 1 aliphatic carbocycles. The van der Waals surface area contributed by atoms with E-state index in [1.54, 1.807) is 18.2 Å². The van der Waals surface area contributed by atoms with Gasteiger partial charge < -0.3 is 18.9 Å². The maximum atomic E-state index is 15.2. The molecule has 0 saturated heterocycles. The highest BCUT2D eigenvalue weighted by atomic mass is 19.1. The summed E-state index contributed by atoms with van der Waals surface area (Å²) in [5.41, 5.74) is -0.868. The molecule has 0 unspecified atom stereocenters. The van der Waals surface area contributed by atoms with E-state index >= 15 is 4.39 Å². The van der Waals surface area contributed by atoms with Crippen LogP contribution in [-0.4, -0.2) is 34.4 Å². The molecule has 3 aromatic carbocycles. The Morgan fingerprint density at radius 3 is 2.28 bits per heavy atom. The van der Waals surface area contributed by atoms with Gasteiger partial charge in [0.25, 0.3) is 0 Å². The molecule has 11 nitrogen and oxygen atoms in total. The highest BCUT2D eigenvalue weighted by molar-refractivity contribution is 5.88. The minimum absolute atomic E-state index is 0.0174. The van der Waals surface area contributed by atoms with Crippen LogP contribution in [0.1, 0.15) is 31.7 Å². The van der Waals surface area contributed by atoms with Crippen LogP contribution in [0.15, 0.2) is 82.6 Å². The third kappa shape index (κ3) is 5.99. The van der Waals surface area contributed by atoms with Gasteiger partial charge in [-0.1, -0.05) is 12.8 Å². The summed E-state index contributed by atoms with van der Waals surface area (Å²) < 4.78 is 52.8. The Labute approximate surface area is 260 Å². The van der Waals surface area contributed by atoms with Gasteiger partial charge in [0.15, 0.2) is 23.1 Å². The summed E-state index contributed by atoms with van der Waals surface area (Å²) >= 11 is 0. The van der Waals surface area contributed by atoms with E-state index in [1.807, 2.05) is 0 Å². The van der Waals surface area contributed by atoms with Crippen molar-refractivity contribution in [3.05, 3.63) is 106 Å². The number of carbonyl (C=O) groups is 1. The number of ether oxygens (including phenoxy) is 4. The van der Waals surface area contributed by atoms with E-state index in [-0.39, 0.29) is 23.2 Å². The second kappa shape index (κ2) is 12.7. The molecule has 236 valence electrons. The molecule has 1 N–H and O–H groups in total. The summed E-state index contributed by atoms with van der Waals surface area (Å²) in [5.74, 6) is -0.679. The van der Waals surface area contributed by atoms with Crippen LogP contribution in [0.5, 0.6) is 28.7 Å². The van der Waals surface area contributed by atoms with Crippen molar-refractivity contribution in [1.29, 1.82) is 0 Å². The molecule has 0 atom stereocenters. The van der Waals surface area contributed by atoms with Crippen LogP contribution in [0.3, 0.4) is 0 Å². The van der Waals surface area contributed by atoms with Gasteiger partial charge in [-0.15, -0.1) is 0 Å². The summed E-state index contributed by atoms with van der Waals surface area (Å²) in [7, 11) is 2.99. The van der Waals surface area contributed by atoms with Crippen LogP contribution in [0.25, 0.3) is 16.6 Å². The van der Waals surface area contributed by atoms with Crippen LogP contribution in [0, 0.1) is 11.6 Å². The third-order valence-electron chi connectivity index (χ3n) is 7.69. The second-order valence-electron chi connectivity index (χ2n) is 10.5. The fourth-order valence-electron chi connectivity index (χ4n) is 5.44. The molecule has 1 fully saturated rings. The van der Waals surface area contributed by atoms with Crippen molar-refractivity contribution in [2.24, 2.45) is 0 Å². The molecule has 2 heterocycles. The van der Waals surface area contributed by atoms with Crippen molar-refractivity contribution in [1.82, 2.24) is 14.1 Å². The maximum Gasteiger partial charge on any atom is 0.417 e. The van der Waals surface area contributed by atoms with Crippen LogP contribution < -0.4 is 35.5 Å². The molecule has 1 saturated carbocycles. The molecule has 5 aromatic rings. The zero-order chi connectivity index (χ0) is 32.4. The number of hydrogen-bond acceptors (Lipinski definition) is 8. The van der Waals surface area contributed by atoms with Gasteiger partial charge in [0.05, 0.1) is 31.6 Å². The summed E-state index contributed by atoms with van der Waals surface area (Å²) in [5, 5.41) is 2.95. The fraction of sp³-hybridized carbons (Fsp3) is 0.212. The van der Waals surface area contributed by atoms with Crippen molar-refractivity contribution in [3.63, 3.8) is 0 Å². The molecular weight excluding hydrogens is 602 g/mol. The van der Waals surface area contributed by atoms with Crippen molar-refractivity contribution in [3.8, 4) is 34.4 Å². The molecule has 0 aliphatic heterocycles. The normalized spacial score (nSPS) is 13.0. The first-order chi connectivity index (χ1) is 22.2. The summed E-state index contributed by atoms with van der Waals surface area (Å²) in [6, 6.07) is 13.3. The number of nitrogens with zero attached hydrogens (tertiary/aromatic N) is 3. The number of anilines is 1. The molecular formula is C33H28F2N4O7. The summed E-state index contributed by atoms with van der Waals surface area (Å²) in [4.78, 5) is 43.9. The number of rotatable bonds is 8. The number of nitrogens with one attached hydrogen (secondary N) is 1. The Hall–Kier alpha value is -5.72. The SMILES string of the molecule is COc1cc2nccc(Oc3ccc(NC(=O)Oc4cn(C5CCCC5)c(=O)n(-c5ccc(F)cc5)c4=O)cc3F)c2cc1OC. The molecule has 46 heavy (non-hydrogen) atoms.